The largest absolute Gasteiger partial charge is 0.302 e. The van der Waals surface area contributed by atoms with Gasteiger partial charge in [-0.1, -0.05) is 0 Å². The number of nitrogens with zero attached hydrogens (tertiary/aromatic N) is 5. The van der Waals surface area contributed by atoms with Gasteiger partial charge in [0, 0.05) is 44.6 Å². The Morgan fingerprint density at radius 1 is 1.22 bits per heavy atom. The summed E-state index contributed by atoms with van der Waals surface area (Å²) in [5.41, 5.74) is 3.82. The van der Waals surface area contributed by atoms with Crippen LogP contribution in [-0.2, 0) is 27.1 Å². The van der Waals surface area contributed by atoms with Gasteiger partial charge >= 0.3 is 0 Å². The maximum absolute atomic E-state index is 4.27. The third kappa shape index (κ3) is 2.98. The third-order valence-electron chi connectivity index (χ3n) is 3.32. The minimum atomic E-state index is 0.944. The van der Waals surface area contributed by atoms with Crippen molar-refractivity contribution in [1.29, 1.82) is 0 Å². The van der Waals surface area contributed by atoms with E-state index in [0.29, 0.717) is 0 Å². The Labute approximate surface area is 108 Å². The fourth-order valence-corrected chi connectivity index (χ4v) is 1.99. The molecule has 0 bridgehead atoms. The molecular formula is C13H21N5. The van der Waals surface area contributed by atoms with Gasteiger partial charge in [-0.2, -0.15) is 10.2 Å². The lowest BCUT2D eigenvalue weighted by Gasteiger charge is -2.15. The molecule has 2 aromatic heterocycles. The molecule has 18 heavy (non-hydrogen) atoms. The third-order valence-corrected chi connectivity index (χ3v) is 3.32. The monoisotopic (exact) mass is 247 g/mol. The lowest BCUT2D eigenvalue weighted by molar-refractivity contribution is 0.330. The molecule has 0 saturated carbocycles. The van der Waals surface area contributed by atoms with Gasteiger partial charge in [0.1, 0.15) is 0 Å². The topological polar surface area (TPSA) is 38.9 Å². The average molecular weight is 247 g/mol. The van der Waals surface area contributed by atoms with Crippen LogP contribution in [0.3, 0.4) is 0 Å². The van der Waals surface area contributed by atoms with E-state index in [1.165, 1.54) is 16.8 Å². The molecule has 5 heteroatoms. The van der Waals surface area contributed by atoms with Gasteiger partial charge in [-0.25, -0.2) is 0 Å². The predicted octanol–water partition coefficient (Wildman–Crippen LogP) is 1.14. The Balaban J connectivity index is 1.85. The molecule has 0 aromatic carbocycles. The van der Waals surface area contributed by atoms with Crippen LogP contribution in [-0.4, -0.2) is 38.1 Å². The summed E-state index contributed by atoms with van der Waals surface area (Å²) in [4.78, 5) is 2.32. The van der Waals surface area contributed by atoms with Gasteiger partial charge in [-0.3, -0.25) is 9.36 Å². The zero-order chi connectivity index (χ0) is 13.1. The van der Waals surface area contributed by atoms with Crippen LogP contribution in [0.4, 0.5) is 0 Å². The van der Waals surface area contributed by atoms with E-state index in [0.717, 1.165) is 19.5 Å². The minimum absolute atomic E-state index is 0.944. The molecule has 98 valence electrons. The van der Waals surface area contributed by atoms with E-state index in [9.17, 15) is 0 Å². The Bertz CT molecular complexity index is 511. The number of aromatic nitrogens is 4. The minimum Gasteiger partial charge on any atom is -0.302 e. The average Bonchev–Trinajstić information content (AvgIpc) is 2.88. The van der Waals surface area contributed by atoms with Crippen molar-refractivity contribution in [3.05, 3.63) is 35.4 Å². The van der Waals surface area contributed by atoms with Crippen LogP contribution in [0.1, 0.15) is 16.8 Å². The highest BCUT2D eigenvalue weighted by atomic mass is 15.3. The van der Waals surface area contributed by atoms with Crippen LogP contribution in [0.15, 0.2) is 18.6 Å². The molecule has 0 unspecified atom stereocenters. The Morgan fingerprint density at radius 3 is 2.56 bits per heavy atom. The molecule has 0 aliphatic rings. The summed E-state index contributed by atoms with van der Waals surface area (Å²) in [6, 6.07) is 0. The summed E-state index contributed by atoms with van der Waals surface area (Å²) in [6.45, 7) is 4.08. The second-order valence-electron chi connectivity index (χ2n) is 4.89. The van der Waals surface area contributed by atoms with Crippen LogP contribution >= 0.6 is 0 Å². The van der Waals surface area contributed by atoms with E-state index in [1.807, 2.05) is 35.9 Å². The van der Waals surface area contributed by atoms with Crippen LogP contribution < -0.4 is 0 Å². The number of hydrogen-bond donors (Lipinski definition) is 0. The fraction of sp³-hybridized carbons (Fsp3) is 0.538. The van der Waals surface area contributed by atoms with Crippen molar-refractivity contribution >= 4 is 0 Å². The van der Waals surface area contributed by atoms with Crippen molar-refractivity contribution in [2.24, 2.45) is 14.1 Å². The summed E-state index contributed by atoms with van der Waals surface area (Å²) >= 11 is 0. The summed E-state index contributed by atoms with van der Waals surface area (Å²) in [5.74, 6) is 0. The summed E-state index contributed by atoms with van der Waals surface area (Å²) < 4.78 is 3.77. The highest BCUT2D eigenvalue weighted by Gasteiger charge is 2.07. The van der Waals surface area contributed by atoms with E-state index in [-0.39, 0.29) is 0 Å². The van der Waals surface area contributed by atoms with Gasteiger partial charge in [0.25, 0.3) is 0 Å². The second-order valence-corrected chi connectivity index (χ2v) is 4.89. The molecular weight excluding hydrogens is 226 g/mol. The van der Waals surface area contributed by atoms with Gasteiger partial charge in [-0.05, 0) is 26.0 Å². The summed E-state index contributed by atoms with van der Waals surface area (Å²) in [5, 5.41) is 8.45. The molecule has 0 radical (unpaired) electrons. The zero-order valence-corrected chi connectivity index (χ0v) is 11.6. The summed E-state index contributed by atoms with van der Waals surface area (Å²) in [6.07, 6.45) is 6.99. The van der Waals surface area contributed by atoms with E-state index in [1.54, 1.807) is 0 Å². The molecule has 0 aliphatic heterocycles. The summed E-state index contributed by atoms with van der Waals surface area (Å²) in [7, 11) is 6.07. The molecule has 2 rings (SSSR count). The molecule has 0 saturated heterocycles. The van der Waals surface area contributed by atoms with Gasteiger partial charge in [0.15, 0.2) is 0 Å². The van der Waals surface area contributed by atoms with E-state index in [4.69, 9.17) is 0 Å². The van der Waals surface area contributed by atoms with Crippen molar-refractivity contribution in [1.82, 2.24) is 24.5 Å². The molecule has 2 aromatic rings. The maximum atomic E-state index is 4.27. The highest BCUT2D eigenvalue weighted by molar-refractivity contribution is 5.15. The van der Waals surface area contributed by atoms with Gasteiger partial charge in [-0.15, -0.1) is 0 Å². The van der Waals surface area contributed by atoms with Crippen LogP contribution in [0, 0.1) is 6.92 Å². The van der Waals surface area contributed by atoms with Gasteiger partial charge < -0.3 is 4.90 Å². The molecule has 0 amide bonds. The normalized spacial score (nSPS) is 11.4. The van der Waals surface area contributed by atoms with Gasteiger partial charge in [0.2, 0.25) is 0 Å². The van der Waals surface area contributed by atoms with E-state index < -0.39 is 0 Å². The molecule has 0 fully saturated rings. The van der Waals surface area contributed by atoms with Crippen molar-refractivity contribution < 1.29 is 0 Å². The molecule has 0 N–H and O–H groups in total. The Morgan fingerprint density at radius 2 is 2.00 bits per heavy atom. The maximum Gasteiger partial charge on any atom is 0.0537 e. The molecule has 2 heterocycles. The second kappa shape index (κ2) is 5.35. The standard InChI is InChI=1S/C13H21N5/c1-11-13(8-15-18(11)4)10-16(2)6-5-12-7-14-17(3)9-12/h7-9H,5-6,10H2,1-4H3. The Hall–Kier alpha value is -1.62. The lowest BCUT2D eigenvalue weighted by Crippen LogP contribution is -2.20. The SMILES string of the molecule is Cc1c(CN(C)CCc2cnn(C)c2)cnn1C. The quantitative estimate of drug-likeness (QED) is 0.795. The lowest BCUT2D eigenvalue weighted by atomic mass is 10.2. The van der Waals surface area contributed by atoms with Crippen LogP contribution in [0.25, 0.3) is 0 Å². The smallest absolute Gasteiger partial charge is 0.0537 e. The first-order chi connectivity index (χ1) is 8.56. The van der Waals surface area contributed by atoms with Crippen molar-refractivity contribution in [2.45, 2.75) is 19.9 Å². The molecule has 5 nitrogen and oxygen atoms in total. The molecule has 0 aliphatic carbocycles. The first-order valence-electron chi connectivity index (χ1n) is 6.20. The van der Waals surface area contributed by atoms with Crippen LogP contribution in [0.5, 0.6) is 0 Å². The van der Waals surface area contributed by atoms with E-state index >= 15 is 0 Å². The van der Waals surface area contributed by atoms with Gasteiger partial charge in [0.05, 0.1) is 12.4 Å². The van der Waals surface area contributed by atoms with Crippen LogP contribution in [0.2, 0.25) is 0 Å². The predicted molar refractivity (Wildman–Crippen MR) is 71.2 cm³/mol. The highest BCUT2D eigenvalue weighted by Crippen LogP contribution is 2.09. The van der Waals surface area contributed by atoms with Crippen molar-refractivity contribution in [3.8, 4) is 0 Å². The zero-order valence-electron chi connectivity index (χ0n) is 11.6. The fourth-order valence-electron chi connectivity index (χ4n) is 1.99. The number of likely N-dealkylation sites (N-methyl/N-ethyl adjacent to an activating group) is 1. The number of aryl methyl sites for hydroxylation is 2. The molecule has 0 spiro atoms. The number of hydrogen-bond acceptors (Lipinski definition) is 3. The first kappa shape index (κ1) is 12.8. The Kier molecular flexibility index (Phi) is 3.81. The number of rotatable bonds is 5. The first-order valence-corrected chi connectivity index (χ1v) is 6.20. The van der Waals surface area contributed by atoms with E-state index in [2.05, 4.69) is 35.3 Å². The van der Waals surface area contributed by atoms with Crippen molar-refractivity contribution in [3.63, 3.8) is 0 Å². The van der Waals surface area contributed by atoms with Crippen molar-refractivity contribution in [2.75, 3.05) is 13.6 Å². The molecule has 0 atom stereocenters.